The molecule has 0 bridgehead atoms. The van der Waals surface area contributed by atoms with Crippen LogP contribution in [0.5, 0.6) is 0 Å². The fourth-order valence-corrected chi connectivity index (χ4v) is 2.15. The summed E-state index contributed by atoms with van der Waals surface area (Å²) in [5, 5.41) is 0. The Bertz CT molecular complexity index is 612. The summed E-state index contributed by atoms with van der Waals surface area (Å²) in [5.74, 6) is 6.21. The van der Waals surface area contributed by atoms with Crippen molar-refractivity contribution < 1.29 is 0 Å². The van der Waals surface area contributed by atoms with Crippen LogP contribution in [0.1, 0.15) is 37.8 Å². The van der Waals surface area contributed by atoms with Crippen molar-refractivity contribution in [3.05, 3.63) is 42.0 Å². The van der Waals surface area contributed by atoms with E-state index in [1.165, 1.54) is 5.56 Å². The number of aliphatic imine (C=N–C) groups is 2. The van der Waals surface area contributed by atoms with E-state index in [2.05, 4.69) is 55.5 Å². The predicted molar refractivity (Wildman–Crippen MR) is 98.4 cm³/mol. The zero-order valence-electron chi connectivity index (χ0n) is 14.2. The molecule has 0 aliphatic carbocycles. The molecule has 1 aromatic carbocycles. The van der Waals surface area contributed by atoms with Crippen LogP contribution in [0.2, 0.25) is 0 Å². The van der Waals surface area contributed by atoms with Gasteiger partial charge in [-0.2, -0.15) is 0 Å². The minimum Gasteiger partial charge on any atom is -0.299 e. The maximum absolute atomic E-state index is 4.80. The van der Waals surface area contributed by atoms with Crippen molar-refractivity contribution >= 4 is 17.6 Å². The van der Waals surface area contributed by atoms with Crippen LogP contribution in [0.25, 0.3) is 0 Å². The van der Waals surface area contributed by atoms with Crippen molar-refractivity contribution in [2.75, 3.05) is 7.05 Å². The zero-order chi connectivity index (χ0) is 16.4. The second kappa shape index (κ2) is 9.73. The zero-order valence-corrected chi connectivity index (χ0v) is 14.2. The van der Waals surface area contributed by atoms with Crippen molar-refractivity contribution in [2.24, 2.45) is 15.9 Å². The Labute approximate surface area is 135 Å². The maximum atomic E-state index is 4.80. The van der Waals surface area contributed by atoms with Gasteiger partial charge in [-0.05, 0) is 36.6 Å². The fourth-order valence-electron chi connectivity index (χ4n) is 2.15. The van der Waals surface area contributed by atoms with Gasteiger partial charge in [0.25, 0.3) is 0 Å². The smallest absolute Gasteiger partial charge is 0.0971 e. The number of allylic oxidation sites excluding steroid dienone is 1. The average Bonchev–Trinajstić information content (AvgIpc) is 2.52. The van der Waals surface area contributed by atoms with E-state index < -0.39 is 0 Å². The average molecular weight is 294 g/mol. The highest BCUT2D eigenvalue weighted by molar-refractivity contribution is 6.09. The number of rotatable bonds is 6. The standard InChI is InChI=1S/C20H26N2/c1-6-9-11-18(15-21-5)19(8-3)22-20-14-17(10-7-2)13-12-16(20)4/h8,12-15,18H,3,6-7,10H2,1-2,4-5H3/b21-15-,22-19+. The van der Waals surface area contributed by atoms with Gasteiger partial charge in [0.1, 0.15) is 0 Å². The van der Waals surface area contributed by atoms with Gasteiger partial charge in [0.2, 0.25) is 0 Å². The molecule has 0 saturated carbocycles. The van der Waals surface area contributed by atoms with Crippen LogP contribution < -0.4 is 0 Å². The molecule has 0 spiro atoms. The van der Waals surface area contributed by atoms with Crippen LogP contribution in [0, 0.1) is 24.7 Å². The van der Waals surface area contributed by atoms with Crippen LogP contribution >= 0.6 is 0 Å². The summed E-state index contributed by atoms with van der Waals surface area (Å²) in [5.41, 5.74) is 4.32. The number of aryl methyl sites for hydroxylation is 2. The number of nitrogens with zero attached hydrogens (tertiary/aromatic N) is 2. The number of hydrogen-bond donors (Lipinski definition) is 0. The topological polar surface area (TPSA) is 24.7 Å². The molecule has 0 aliphatic rings. The van der Waals surface area contributed by atoms with Gasteiger partial charge in [0.05, 0.1) is 17.3 Å². The maximum Gasteiger partial charge on any atom is 0.0971 e. The van der Waals surface area contributed by atoms with Gasteiger partial charge in [0, 0.05) is 19.7 Å². The largest absolute Gasteiger partial charge is 0.299 e. The van der Waals surface area contributed by atoms with Crippen LogP contribution in [0.3, 0.4) is 0 Å². The molecule has 22 heavy (non-hydrogen) atoms. The van der Waals surface area contributed by atoms with E-state index in [9.17, 15) is 0 Å². The van der Waals surface area contributed by atoms with E-state index >= 15 is 0 Å². The third-order valence-corrected chi connectivity index (χ3v) is 3.32. The Hall–Kier alpha value is -2.14. The molecule has 0 N–H and O–H groups in total. The van der Waals surface area contributed by atoms with Crippen molar-refractivity contribution in [1.29, 1.82) is 0 Å². The molecule has 0 aromatic heterocycles. The Balaban J connectivity index is 3.24. The Kier molecular flexibility index (Phi) is 7.92. The summed E-state index contributed by atoms with van der Waals surface area (Å²) in [7, 11) is 1.76. The Morgan fingerprint density at radius 1 is 1.36 bits per heavy atom. The van der Waals surface area contributed by atoms with E-state index in [4.69, 9.17) is 4.99 Å². The normalized spacial score (nSPS) is 12.8. The molecule has 1 rings (SSSR count). The molecular weight excluding hydrogens is 268 g/mol. The number of hydrogen-bond acceptors (Lipinski definition) is 2. The first kappa shape index (κ1) is 17.9. The second-order valence-electron chi connectivity index (χ2n) is 5.17. The fraction of sp³-hybridized carbons (Fsp3) is 0.400. The van der Waals surface area contributed by atoms with Crippen LogP contribution in [-0.4, -0.2) is 19.0 Å². The molecule has 0 amide bonds. The highest BCUT2D eigenvalue weighted by atomic mass is 14.8. The predicted octanol–water partition coefficient (Wildman–Crippen LogP) is 4.94. The van der Waals surface area contributed by atoms with Gasteiger partial charge in [-0.1, -0.05) is 44.9 Å². The summed E-state index contributed by atoms with van der Waals surface area (Å²) in [6.45, 7) is 10.2. The lowest BCUT2D eigenvalue weighted by atomic mass is 10.0. The van der Waals surface area contributed by atoms with Crippen LogP contribution in [0.15, 0.2) is 40.8 Å². The summed E-state index contributed by atoms with van der Waals surface area (Å²) >= 11 is 0. The van der Waals surface area contributed by atoms with Crippen LogP contribution in [-0.2, 0) is 6.42 Å². The monoisotopic (exact) mass is 294 g/mol. The van der Waals surface area contributed by atoms with E-state index in [-0.39, 0.29) is 5.92 Å². The molecule has 0 saturated heterocycles. The third-order valence-electron chi connectivity index (χ3n) is 3.32. The highest BCUT2D eigenvalue weighted by Gasteiger charge is 2.09. The quantitative estimate of drug-likeness (QED) is 0.524. The van der Waals surface area contributed by atoms with Crippen molar-refractivity contribution in [2.45, 2.75) is 40.0 Å². The van der Waals surface area contributed by atoms with Gasteiger partial charge in [-0.15, -0.1) is 5.92 Å². The molecular formula is C20H26N2. The first-order chi connectivity index (χ1) is 10.7. The lowest BCUT2D eigenvalue weighted by molar-refractivity contribution is 0.921. The van der Waals surface area contributed by atoms with Crippen molar-refractivity contribution in [3.8, 4) is 11.8 Å². The molecule has 1 aromatic rings. The molecule has 116 valence electrons. The number of benzene rings is 1. The second-order valence-corrected chi connectivity index (χ2v) is 5.17. The van der Waals surface area contributed by atoms with Gasteiger partial charge in [-0.25, -0.2) is 0 Å². The van der Waals surface area contributed by atoms with E-state index in [0.29, 0.717) is 0 Å². The highest BCUT2D eigenvalue weighted by Crippen LogP contribution is 2.22. The molecule has 0 aliphatic heterocycles. The van der Waals surface area contributed by atoms with E-state index in [1.54, 1.807) is 13.1 Å². The lowest BCUT2D eigenvalue weighted by Crippen LogP contribution is -2.11. The molecule has 0 heterocycles. The van der Waals surface area contributed by atoms with E-state index in [0.717, 1.165) is 36.2 Å². The Morgan fingerprint density at radius 2 is 2.14 bits per heavy atom. The van der Waals surface area contributed by atoms with Gasteiger partial charge < -0.3 is 0 Å². The first-order valence-electron chi connectivity index (χ1n) is 7.87. The van der Waals surface area contributed by atoms with Crippen molar-refractivity contribution in [1.82, 2.24) is 0 Å². The summed E-state index contributed by atoms with van der Waals surface area (Å²) in [4.78, 5) is 8.91. The van der Waals surface area contributed by atoms with Crippen molar-refractivity contribution in [3.63, 3.8) is 0 Å². The van der Waals surface area contributed by atoms with E-state index in [1.807, 2.05) is 13.1 Å². The molecule has 1 atom stereocenters. The SMILES string of the molecule is C=C/C(=N\c1cc(CCC)ccc1C)C(C#CCC)/C=N\C. The van der Waals surface area contributed by atoms with Gasteiger partial charge in [-0.3, -0.25) is 9.98 Å². The van der Waals surface area contributed by atoms with Gasteiger partial charge in [0.15, 0.2) is 0 Å². The third kappa shape index (κ3) is 5.33. The molecule has 2 heteroatoms. The Morgan fingerprint density at radius 3 is 2.73 bits per heavy atom. The molecule has 0 radical (unpaired) electrons. The summed E-state index contributed by atoms with van der Waals surface area (Å²) < 4.78 is 0. The van der Waals surface area contributed by atoms with Gasteiger partial charge >= 0.3 is 0 Å². The summed E-state index contributed by atoms with van der Waals surface area (Å²) in [6.07, 6.45) is 6.63. The molecule has 2 nitrogen and oxygen atoms in total. The van der Waals surface area contributed by atoms with Crippen LogP contribution in [0.4, 0.5) is 5.69 Å². The first-order valence-corrected chi connectivity index (χ1v) is 7.87. The summed E-state index contributed by atoms with van der Waals surface area (Å²) in [6, 6.07) is 6.47. The molecule has 0 fully saturated rings. The minimum absolute atomic E-state index is 0.100. The lowest BCUT2D eigenvalue weighted by Gasteiger charge is -2.09. The molecule has 1 unspecified atom stereocenters. The minimum atomic E-state index is -0.100.